The number of hydrogen-bond donors (Lipinski definition) is 2. The van der Waals surface area contributed by atoms with E-state index < -0.39 is 0 Å². The molecule has 1 aliphatic rings. The molecule has 0 aromatic rings. The van der Waals surface area contributed by atoms with Gasteiger partial charge in [0.05, 0.1) is 0 Å². The summed E-state index contributed by atoms with van der Waals surface area (Å²) in [4.78, 5) is 26.3. The van der Waals surface area contributed by atoms with Crippen molar-refractivity contribution in [1.29, 1.82) is 0 Å². The lowest BCUT2D eigenvalue weighted by atomic mass is 9.98. The lowest BCUT2D eigenvalue weighted by Gasteiger charge is -2.34. The average Bonchev–Trinajstić information content (AvgIpc) is 2.56. The summed E-state index contributed by atoms with van der Waals surface area (Å²) in [5, 5.41) is 3.12. The SMILES string of the molecule is CCC(CC)C(=O)N1CCC(NC(=O)CCCCCCN)CC1. The zero-order valence-corrected chi connectivity index (χ0v) is 15.0. The molecule has 0 bridgehead atoms. The van der Waals surface area contributed by atoms with E-state index in [1.165, 1.54) is 0 Å². The minimum Gasteiger partial charge on any atom is -0.353 e. The van der Waals surface area contributed by atoms with Crippen LogP contribution in [0.5, 0.6) is 0 Å². The topological polar surface area (TPSA) is 75.4 Å². The molecule has 0 atom stereocenters. The minimum atomic E-state index is 0.155. The third-order valence-corrected chi connectivity index (χ3v) is 4.86. The monoisotopic (exact) mass is 325 g/mol. The van der Waals surface area contributed by atoms with Crippen LogP contribution in [0.25, 0.3) is 0 Å². The minimum absolute atomic E-state index is 0.155. The summed E-state index contributed by atoms with van der Waals surface area (Å²) >= 11 is 0. The molecule has 1 fully saturated rings. The largest absolute Gasteiger partial charge is 0.353 e. The Balaban J connectivity index is 2.20. The highest BCUT2D eigenvalue weighted by atomic mass is 16.2. The Morgan fingerprint density at radius 3 is 2.26 bits per heavy atom. The molecule has 5 heteroatoms. The standard InChI is InChI=1S/C18H35N3O2/c1-3-15(4-2)18(23)21-13-10-16(11-14-21)20-17(22)9-7-5-6-8-12-19/h15-16H,3-14,19H2,1-2H3,(H,20,22). The normalized spacial score (nSPS) is 15.9. The Labute approximate surface area is 141 Å². The Bertz CT molecular complexity index is 348. The third kappa shape index (κ3) is 7.34. The Morgan fingerprint density at radius 1 is 1.09 bits per heavy atom. The number of likely N-dealkylation sites (tertiary alicyclic amines) is 1. The maximum absolute atomic E-state index is 12.3. The first-order chi connectivity index (χ1) is 11.1. The number of unbranched alkanes of at least 4 members (excludes halogenated alkanes) is 3. The van der Waals surface area contributed by atoms with E-state index >= 15 is 0 Å². The highest BCUT2D eigenvalue weighted by Crippen LogP contribution is 2.17. The number of piperidine rings is 1. The molecule has 1 aliphatic heterocycles. The van der Waals surface area contributed by atoms with Gasteiger partial charge in [0.1, 0.15) is 0 Å². The number of carbonyl (C=O) groups excluding carboxylic acids is 2. The zero-order chi connectivity index (χ0) is 17.1. The van der Waals surface area contributed by atoms with Crippen LogP contribution < -0.4 is 11.1 Å². The van der Waals surface area contributed by atoms with Crippen molar-refractivity contribution >= 4 is 11.8 Å². The highest BCUT2D eigenvalue weighted by Gasteiger charge is 2.26. The van der Waals surface area contributed by atoms with Gasteiger partial charge in [0.25, 0.3) is 0 Å². The summed E-state index contributed by atoms with van der Waals surface area (Å²) in [7, 11) is 0. The first-order valence-electron chi connectivity index (χ1n) is 9.40. The van der Waals surface area contributed by atoms with Crippen molar-refractivity contribution in [3.8, 4) is 0 Å². The molecular formula is C18H35N3O2. The summed E-state index contributed by atoms with van der Waals surface area (Å²) in [6, 6.07) is 0.234. The van der Waals surface area contributed by atoms with E-state index in [1.54, 1.807) is 0 Å². The molecule has 0 saturated carbocycles. The van der Waals surface area contributed by atoms with E-state index in [0.29, 0.717) is 12.3 Å². The predicted molar refractivity (Wildman–Crippen MR) is 94.0 cm³/mol. The summed E-state index contributed by atoms with van der Waals surface area (Å²) in [5.41, 5.74) is 5.46. The molecule has 3 N–H and O–H groups in total. The van der Waals surface area contributed by atoms with E-state index in [0.717, 1.165) is 71.0 Å². The Hall–Kier alpha value is -1.10. The molecule has 0 aromatic heterocycles. The maximum Gasteiger partial charge on any atom is 0.225 e. The van der Waals surface area contributed by atoms with Gasteiger partial charge in [-0.1, -0.05) is 26.7 Å². The Morgan fingerprint density at radius 2 is 1.70 bits per heavy atom. The molecule has 5 nitrogen and oxygen atoms in total. The van der Waals surface area contributed by atoms with E-state index in [4.69, 9.17) is 5.73 Å². The van der Waals surface area contributed by atoms with Crippen molar-refractivity contribution in [3.63, 3.8) is 0 Å². The summed E-state index contributed by atoms with van der Waals surface area (Å²) in [5.74, 6) is 0.608. The van der Waals surface area contributed by atoms with Gasteiger partial charge in [0.2, 0.25) is 11.8 Å². The van der Waals surface area contributed by atoms with Crippen molar-refractivity contribution in [1.82, 2.24) is 10.2 Å². The van der Waals surface area contributed by atoms with Gasteiger partial charge in [0, 0.05) is 31.5 Å². The van der Waals surface area contributed by atoms with Gasteiger partial charge in [-0.3, -0.25) is 9.59 Å². The first kappa shape index (κ1) is 19.9. The zero-order valence-electron chi connectivity index (χ0n) is 15.0. The molecule has 23 heavy (non-hydrogen) atoms. The highest BCUT2D eigenvalue weighted by molar-refractivity contribution is 5.79. The molecule has 0 unspecified atom stereocenters. The van der Waals surface area contributed by atoms with Crippen LogP contribution in [0.15, 0.2) is 0 Å². The number of nitrogens with one attached hydrogen (secondary N) is 1. The number of amides is 2. The predicted octanol–water partition coefficient (Wildman–Crippen LogP) is 2.44. The molecular weight excluding hydrogens is 290 g/mol. The van der Waals surface area contributed by atoms with Gasteiger partial charge in [-0.25, -0.2) is 0 Å². The van der Waals surface area contributed by atoms with Gasteiger partial charge < -0.3 is 16.0 Å². The molecule has 1 saturated heterocycles. The quantitative estimate of drug-likeness (QED) is 0.606. The van der Waals surface area contributed by atoms with Crippen molar-refractivity contribution in [3.05, 3.63) is 0 Å². The molecule has 1 rings (SSSR count). The van der Waals surface area contributed by atoms with Crippen LogP contribution >= 0.6 is 0 Å². The second-order valence-electron chi connectivity index (χ2n) is 6.63. The third-order valence-electron chi connectivity index (χ3n) is 4.86. The fourth-order valence-corrected chi connectivity index (χ4v) is 3.22. The molecule has 0 aromatic carbocycles. The molecule has 134 valence electrons. The van der Waals surface area contributed by atoms with Gasteiger partial charge in [-0.15, -0.1) is 0 Å². The first-order valence-corrected chi connectivity index (χ1v) is 9.40. The van der Waals surface area contributed by atoms with Crippen molar-refractivity contribution in [2.75, 3.05) is 19.6 Å². The Kier molecular flexibility index (Phi) is 9.92. The van der Waals surface area contributed by atoms with Crippen molar-refractivity contribution in [2.24, 2.45) is 11.7 Å². The molecule has 0 radical (unpaired) electrons. The van der Waals surface area contributed by atoms with Gasteiger partial charge in [-0.05, 0) is 45.1 Å². The van der Waals surface area contributed by atoms with Crippen molar-refractivity contribution < 1.29 is 9.59 Å². The lowest BCUT2D eigenvalue weighted by Crippen LogP contribution is -2.48. The van der Waals surface area contributed by atoms with E-state index in [9.17, 15) is 9.59 Å². The number of nitrogens with two attached hydrogens (primary N) is 1. The molecule has 2 amide bonds. The van der Waals surface area contributed by atoms with Crippen LogP contribution in [0.3, 0.4) is 0 Å². The average molecular weight is 325 g/mol. The van der Waals surface area contributed by atoms with Crippen LogP contribution in [-0.4, -0.2) is 42.4 Å². The second kappa shape index (κ2) is 11.4. The number of nitrogens with zero attached hydrogens (tertiary/aromatic N) is 1. The lowest BCUT2D eigenvalue weighted by molar-refractivity contribution is -0.137. The number of carbonyl (C=O) groups is 2. The number of hydrogen-bond acceptors (Lipinski definition) is 3. The molecule has 0 spiro atoms. The number of rotatable bonds is 10. The molecule has 0 aliphatic carbocycles. The summed E-state index contributed by atoms with van der Waals surface area (Å²) in [6.07, 6.45) is 8.37. The summed E-state index contributed by atoms with van der Waals surface area (Å²) in [6.45, 7) is 6.44. The second-order valence-corrected chi connectivity index (χ2v) is 6.63. The van der Waals surface area contributed by atoms with Crippen LogP contribution in [0.1, 0.15) is 71.6 Å². The van der Waals surface area contributed by atoms with Crippen LogP contribution in [0.4, 0.5) is 0 Å². The fourth-order valence-electron chi connectivity index (χ4n) is 3.22. The fraction of sp³-hybridized carbons (Fsp3) is 0.889. The molecule has 1 heterocycles. The van der Waals surface area contributed by atoms with E-state index in [2.05, 4.69) is 19.2 Å². The summed E-state index contributed by atoms with van der Waals surface area (Å²) < 4.78 is 0. The van der Waals surface area contributed by atoms with Gasteiger partial charge >= 0.3 is 0 Å². The van der Waals surface area contributed by atoms with E-state index in [1.807, 2.05) is 4.90 Å². The van der Waals surface area contributed by atoms with Crippen molar-refractivity contribution in [2.45, 2.75) is 77.7 Å². The van der Waals surface area contributed by atoms with Crippen LogP contribution in [0, 0.1) is 5.92 Å². The smallest absolute Gasteiger partial charge is 0.225 e. The van der Waals surface area contributed by atoms with Gasteiger partial charge in [0.15, 0.2) is 0 Å². The maximum atomic E-state index is 12.3. The van der Waals surface area contributed by atoms with E-state index in [-0.39, 0.29) is 17.9 Å². The van der Waals surface area contributed by atoms with Gasteiger partial charge in [-0.2, -0.15) is 0 Å². The van der Waals surface area contributed by atoms with Crippen LogP contribution in [0.2, 0.25) is 0 Å². The van der Waals surface area contributed by atoms with Crippen LogP contribution in [-0.2, 0) is 9.59 Å².